The van der Waals surface area contributed by atoms with Crippen LogP contribution in [0, 0.1) is 0 Å². The summed E-state index contributed by atoms with van der Waals surface area (Å²) in [4.78, 5) is 15.1. The number of tetrazole rings is 1. The van der Waals surface area contributed by atoms with Crippen LogP contribution in [-0.2, 0) is 11.3 Å². The molecular formula is C11H16N6OS. The highest BCUT2D eigenvalue weighted by molar-refractivity contribution is 7.10. The minimum absolute atomic E-state index is 0.101. The number of hydrogen-bond acceptors (Lipinski definition) is 6. The number of nitrogens with zero attached hydrogens (tertiary/aromatic N) is 5. The van der Waals surface area contributed by atoms with Gasteiger partial charge in [-0.05, 0) is 36.0 Å². The summed E-state index contributed by atoms with van der Waals surface area (Å²) in [5, 5.41) is 15.6. The van der Waals surface area contributed by atoms with Crippen molar-refractivity contribution in [3.05, 3.63) is 28.7 Å². The topological polar surface area (TPSA) is 75.9 Å². The van der Waals surface area contributed by atoms with Crippen molar-refractivity contribution in [2.45, 2.75) is 12.6 Å². The van der Waals surface area contributed by atoms with Crippen molar-refractivity contribution < 1.29 is 4.79 Å². The summed E-state index contributed by atoms with van der Waals surface area (Å²) in [5.41, 5.74) is 0. The first kappa shape index (κ1) is 13.6. The molecule has 0 saturated heterocycles. The van der Waals surface area contributed by atoms with Gasteiger partial charge in [-0.25, -0.2) is 4.68 Å². The SMILES string of the molecule is CN(C)C(CNC(=O)Cn1cnnn1)c1cccs1. The van der Waals surface area contributed by atoms with Gasteiger partial charge in [-0.1, -0.05) is 6.07 Å². The van der Waals surface area contributed by atoms with E-state index in [1.54, 1.807) is 11.3 Å². The molecule has 1 N–H and O–H groups in total. The molecule has 0 aliphatic carbocycles. The summed E-state index contributed by atoms with van der Waals surface area (Å²) in [7, 11) is 4.00. The second-order valence-corrected chi connectivity index (χ2v) is 5.29. The molecule has 2 aromatic rings. The second-order valence-electron chi connectivity index (χ2n) is 4.31. The van der Waals surface area contributed by atoms with Crippen LogP contribution in [0.1, 0.15) is 10.9 Å². The normalized spacial score (nSPS) is 12.6. The van der Waals surface area contributed by atoms with Gasteiger partial charge in [0.25, 0.3) is 0 Å². The maximum absolute atomic E-state index is 11.8. The van der Waals surface area contributed by atoms with E-state index in [4.69, 9.17) is 0 Å². The highest BCUT2D eigenvalue weighted by Gasteiger charge is 2.16. The number of aromatic nitrogens is 4. The van der Waals surface area contributed by atoms with E-state index in [9.17, 15) is 4.79 Å². The van der Waals surface area contributed by atoms with E-state index in [0.29, 0.717) is 6.54 Å². The fourth-order valence-corrected chi connectivity index (χ4v) is 2.61. The lowest BCUT2D eigenvalue weighted by molar-refractivity contribution is -0.122. The standard InChI is InChI=1S/C11H16N6OS/c1-16(2)9(10-4-3-5-19-10)6-12-11(18)7-17-8-13-14-15-17/h3-5,8-9H,6-7H2,1-2H3,(H,12,18). The molecule has 102 valence electrons. The number of amides is 1. The summed E-state index contributed by atoms with van der Waals surface area (Å²) < 4.78 is 1.39. The summed E-state index contributed by atoms with van der Waals surface area (Å²) in [5.74, 6) is -0.101. The Bertz CT molecular complexity index is 495. The summed E-state index contributed by atoms with van der Waals surface area (Å²) >= 11 is 1.69. The maximum atomic E-state index is 11.8. The Labute approximate surface area is 115 Å². The van der Waals surface area contributed by atoms with Crippen LogP contribution in [0.3, 0.4) is 0 Å². The van der Waals surface area contributed by atoms with Gasteiger partial charge in [-0.3, -0.25) is 4.79 Å². The van der Waals surface area contributed by atoms with E-state index in [1.165, 1.54) is 15.9 Å². The molecule has 1 amide bonds. The van der Waals surface area contributed by atoms with Crippen molar-refractivity contribution in [2.75, 3.05) is 20.6 Å². The Hall–Kier alpha value is -1.80. The summed E-state index contributed by atoms with van der Waals surface area (Å²) in [6, 6.07) is 4.26. The average molecular weight is 280 g/mol. The third-order valence-electron chi connectivity index (χ3n) is 2.68. The fraction of sp³-hybridized carbons (Fsp3) is 0.455. The van der Waals surface area contributed by atoms with E-state index in [2.05, 4.69) is 31.8 Å². The Kier molecular flexibility index (Phi) is 4.58. The lowest BCUT2D eigenvalue weighted by Crippen LogP contribution is -2.36. The Morgan fingerprint density at radius 2 is 2.42 bits per heavy atom. The van der Waals surface area contributed by atoms with Gasteiger partial charge in [0, 0.05) is 11.4 Å². The maximum Gasteiger partial charge on any atom is 0.241 e. The van der Waals surface area contributed by atoms with Crippen molar-refractivity contribution in [1.29, 1.82) is 0 Å². The first-order valence-electron chi connectivity index (χ1n) is 5.84. The van der Waals surface area contributed by atoms with Gasteiger partial charge in [0.1, 0.15) is 12.9 Å². The van der Waals surface area contributed by atoms with Crippen LogP contribution < -0.4 is 5.32 Å². The average Bonchev–Trinajstić information content (AvgIpc) is 3.01. The zero-order valence-electron chi connectivity index (χ0n) is 10.9. The summed E-state index contributed by atoms with van der Waals surface area (Å²) in [6.07, 6.45) is 1.42. The van der Waals surface area contributed by atoms with Crippen molar-refractivity contribution in [3.8, 4) is 0 Å². The minimum atomic E-state index is -0.101. The number of rotatable bonds is 6. The van der Waals surface area contributed by atoms with E-state index in [1.807, 2.05) is 25.5 Å². The van der Waals surface area contributed by atoms with Gasteiger partial charge in [0.15, 0.2) is 0 Å². The molecule has 0 spiro atoms. The zero-order chi connectivity index (χ0) is 13.7. The molecule has 2 rings (SSSR count). The van der Waals surface area contributed by atoms with Gasteiger partial charge in [0.05, 0.1) is 6.04 Å². The molecule has 2 heterocycles. The quantitative estimate of drug-likeness (QED) is 0.815. The van der Waals surface area contributed by atoms with E-state index >= 15 is 0 Å². The molecule has 2 aromatic heterocycles. The minimum Gasteiger partial charge on any atom is -0.353 e. The van der Waals surface area contributed by atoms with E-state index in [-0.39, 0.29) is 18.5 Å². The van der Waals surface area contributed by atoms with Crippen molar-refractivity contribution in [2.24, 2.45) is 0 Å². The fourth-order valence-electron chi connectivity index (χ4n) is 1.68. The van der Waals surface area contributed by atoms with Gasteiger partial charge >= 0.3 is 0 Å². The van der Waals surface area contributed by atoms with Gasteiger partial charge in [0.2, 0.25) is 5.91 Å². The predicted octanol–water partition coefficient (Wildman–Crippen LogP) is 0.154. The molecule has 0 saturated carbocycles. The van der Waals surface area contributed by atoms with Crippen LogP contribution in [0.15, 0.2) is 23.8 Å². The third-order valence-corrected chi connectivity index (χ3v) is 3.66. The Morgan fingerprint density at radius 1 is 1.58 bits per heavy atom. The second kappa shape index (κ2) is 6.39. The van der Waals surface area contributed by atoms with Crippen LogP contribution in [0.2, 0.25) is 0 Å². The highest BCUT2D eigenvalue weighted by atomic mass is 32.1. The number of carbonyl (C=O) groups excluding carboxylic acids is 1. The first-order valence-corrected chi connectivity index (χ1v) is 6.72. The molecule has 1 atom stereocenters. The largest absolute Gasteiger partial charge is 0.353 e. The van der Waals surface area contributed by atoms with Crippen LogP contribution in [0.4, 0.5) is 0 Å². The van der Waals surface area contributed by atoms with Crippen molar-refractivity contribution >= 4 is 17.2 Å². The van der Waals surface area contributed by atoms with Crippen LogP contribution in [0.5, 0.6) is 0 Å². The Morgan fingerprint density at radius 3 is 3.00 bits per heavy atom. The Balaban J connectivity index is 1.87. The number of thiophene rings is 1. The molecular weight excluding hydrogens is 264 g/mol. The van der Waals surface area contributed by atoms with Crippen LogP contribution >= 0.6 is 11.3 Å². The van der Waals surface area contributed by atoms with Crippen molar-refractivity contribution in [1.82, 2.24) is 30.4 Å². The van der Waals surface area contributed by atoms with Crippen LogP contribution in [-0.4, -0.2) is 51.7 Å². The molecule has 8 heteroatoms. The zero-order valence-corrected chi connectivity index (χ0v) is 11.7. The molecule has 0 aliphatic heterocycles. The molecule has 0 aliphatic rings. The van der Waals surface area contributed by atoms with E-state index < -0.39 is 0 Å². The van der Waals surface area contributed by atoms with E-state index in [0.717, 1.165) is 0 Å². The number of carbonyl (C=O) groups is 1. The van der Waals surface area contributed by atoms with Crippen LogP contribution in [0.25, 0.3) is 0 Å². The molecule has 0 aromatic carbocycles. The number of nitrogens with one attached hydrogen (secondary N) is 1. The number of hydrogen-bond donors (Lipinski definition) is 1. The summed E-state index contributed by atoms with van der Waals surface area (Å²) in [6.45, 7) is 0.700. The number of likely N-dealkylation sites (N-methyl/N-ethyl adjacent to an activating group) is 1. The molecule has 7 nitrogen and oxygen atoms in total. The lowest BCUT2D eigenvalue weighted by atomic mass is 10.2. The lowest BCUT2D eigenvalue weighted by Gasteiger charge is -2.23. The third kappa shape index (κ3) is 3.83. The van der Waals surface area contributed by atoms with Gasteiger partial charge in [-0.15, -0.1) is 16.4 Å². The molecule has 0 radical (unpaired) electrons. The van der Waals surface area contributed by atoms with Gasteiger partial charge < -0.3 is 10.2 Å². The monoisotopic (exact) mass is 280 g/mol. The molecule has 1 unspecified atom stereocenters. The molecule has 0 fully saturated rings. The smallest absolute Gasteiger partial charge is 0.241 e. The predicted molar refractivity (Wildman–Crippen MR) is 71.6 cm³/mol. The van der Waals surface area contributed by atoms with Crippen molar-refractivity contribution in [3.63, 3.8) is 0 Å². The molecule has 0 bridgehead atoms. The van der Waals surface area contributed by atoms with Gasteiger partial charge in [-0.2, -0.15) is 0 Å². The molecule has 19 heavy (non-hydrogen) atoms. The highest BCUT2D eigenvalue weighted by Crippen LogP contribution is 2.22. The first-order chi connectivity index (χ1) is 9.16.